The normalized spacial score (nSPS) is 11.0. The second-order valence-electron chi connectivity index (χ2n) is 5.48. The number of sulfonamides is 1. The van der Waals surface area contributed by atoms with Crippen LogP contribution in [-0.2, 0) is 14.8 Å². The van der Waals surface area contributed by atoms with Gasteiger partial charge in [-0.05, 0) is 41.8 Å². The van der Waals surface area contributed by atoms with E-state index in [9.17, 15) is 18.0 Å². The summed E-state index contributed by atoms with van der Waals surface area (Å²) >= 11 is 1.27. The minimum atomic E-state index is -3.77. The Hall–Kier alpha value is -2.97. The molecule has 138 valence electrons. The Labute approximate surface area is 160 Å². The number of carbonyl (C=O) groups is 2. The summed E-state index contributed by atoms with van der Waals surface area (Å²) in [6.45, 7) is -0.376. The molecule has 0 spiro atoms. The van der Waals surface area contributed by atoms with Crippen LogP contribution in [-0.4, -0.2) is 26.8 Å². The van der Waals surface area contributed by atoms with Crippen LogP contribution >= 0.6 is 11.3 Å². The van der Waals surface area contributed by atoms with Crippen molar-refractivity contribution in [3.8, 4) is 0 Å². The molecule has 6 nitrogen and oxygen atoms in total. The molecule has 0 saturated heterocycles. The largest absolute Gasteiger partial charge is 0.454 e. The number of rotatable bonds is 7. The third-order valence-corrected chi connectivity index (χ3v) is 5.84. The summed E-state index contributed by atoms with van der Waals surface area (Å²) in [5.41, 5.74) is 0.361. The summed E-state index contributed by atoms with van der Waals surface area (Å²) in [4.78, 5) is 24.7. The standard InChI is InChI=1S/C19H15NO5S2/c21-17(18-10-5-11-26-18)13-25-19(22)14-6-4-7-15(12-14)20-27(23,24)16-8-2-1-3-9-16/h1-12,20H,13H2. The van der Waals surface area contributed by atoms with Crippen LogP contribution in [0.2, 0.25) is 0 Å². The first-order valence-electron chi connectivity index (χ1n) is 7.87. The van der Waals surface area contributed by atoms with E-state index in [0.717, 1.165) is 0 Å². The molecule has 0 bridgehead atoms. The van der Waals surface area contributed by atoms with E-state index in [0.29, 0.717) is 4.88 Å². The highest BCUT2D eigenvalue weighted by molar-refractivity contribution is 7.92. The molecule has 3 rings (SSSR count). The highest BCUT2D eigenvalue weighted by Crippen LogP contribution is 2.18. The molecule has 8 heteroatoms. The van der Waals surface area contributed by atoms with E-state index in [1.807, 2.05) is 0 Å². The van der Waals surface area contributed by atoms with E-state index in [1.54, 1.807) is 35.7 Å². The molecule has 0 unspecified atom stereocenters. The zero-order chi connectivity index (χ0) is 19.3. The summed E-state index contributed by atoms with van der Waals surface area (Å²) in [7, 11) is -3.77. The predicted molar refractivity (Wildman–Crippen MR) is 103 cm³/mol. The number of nitrogens with one attached hydrogen (secondary N) is 1. The lowest BCUT2D eigenvalue weighted by atomic mass is 10.2. The van der Waals surface area contributed by atoms with Crippen LogP contribution in [0.15, 0.2) is 77.0 Å². The maximum atomic E-state index is 12.4. The molecule has 0 fully saturated rings. The maximum absolute atomic E-state index is 12.4. The Bertz CT molecular complexity index is 1040. The number of Topliss-reactive ketones (excluding diaryl/α,β-unsaturated/α-hetero) is 1. The molecular formula is C19H15NO5S2. The molecule has 1 aromatic heterocycles. The molecule has 1 heterocycles. The van der Waals surface area contributed by atoms with E-state index in [1.165, 1.54) is 47.7 Å². The lowest BCUT2D eigenvalue weighted by molar-refractivity contribution is 0.0476. The van der Waals surface area contributed by atoms with E-state index >= 15 is 0 Å². The van der Waals surface area contributed by atoms with Crippen molar-refractivity contribution < 1.29 is 22.7 Å². The molecular weight excluding hydrogens is 386 g/mol. The lowest BCUT2D eigenvalue weighted by Crippen LogP contribution is -2.15. The summed E-state index contributed by atoms with van der Waals surface area (Å²) < 4.78 is 32.2. The SMILES string of the molecule is O=C(OCC(=O)c1cccs1)c1cccc(NS(=O)(=O)c2ccccc2)c1. The van der Waals surface area contributed by atoms with Crippen molar-refractivity contribution in [3.63, 3.8) is 0 Å². The highest BCUT2D eigenvalue weighted by Gasteiger charge is 2.16. The smallest absolute Gasteiger partial charge is 0.338 e. The molecule has 27 heavy (non-hydrogen) atoms. The van der Waals surface area contributed by atoms with Crippen LogP contribution in [0.1, 0.15) is 20.0 Å². The van der Waals surface area contributed by atoms with Gasteiger partial charge in [0.05, 0.1) is 15.3 Å². The number of carbonyl (C=O) groups excluding carboxylic acids is 2. The Morgan fingerprint density at radius 1 is 0.963 bits per heavy atom. The van der Waals surface area contributed by atoms with Gasteiger partial charge < -0.3 is 4.74 Å². The zero-order valence-electron chi connectivity index (χ0n) is 14.0. The molecule has 0 saturated carbocycles. The summed E-state index contributed by atoms with van der Waals surface area (Å²) in [5, 5.41) is 1.76. The van der Waals surface area contributed by atoms with Crippen LogP contribution < -0.4 is 4.72 Å². The van der Waals surface area contributed by atoms with Gasteiger partial charge in [0.15, 0.2) is 6.61 Å². The van der Waals surface area contributed by atoms with E-state index in [4.69, 9.17) is 4.74 Å². The first-order chi connectivity index (χ1) is 13.0. The van der Waals surface area contributed by atoms with Gasteiger partial charge in [-0.2, -0.15) is 0 Å². The van der Waals surface area contributed by atoms with Gasteiger partial charge >= 0.3 is 5.97 Å². The third kappa shape index (κ3) is 4.81. The molecule has 2 aromatic carbocycles. The predicted octanol–water partition coefficient (Wildman–Crippen LogP) is 3.59. The Morgan fingerprint density at radius 2 is 1.74 bits per heavy atom. The maximum Gasteiger partial charge on any atom is 0.338 e. The monoisotopic (exact) mass is 401 g/mol. The Kier molecular flexibility index (Phi) is 5.68. The molecule has 0 aliphatic carbocycles. The van der Waals surface area contributed by atoms with Crippen molar-refractivity contribution >= 4 is 38.8 Å². The number of ether oxygens (including phenoxy) is 1. The molecule has 0 atom stereocenters. The number of ketones is 1. The van der Waals surface area contributed by atoms with Crippen molar-refractivity contribution in [3.05, 3.63) is 82.6 Å². The van der Waals surface area contributed by atoms with Crippen molar-refractivity contribution in [2.75, 3.05) is 11.3 Å². The number of esters is 1. The number of benzene rings is 2. The van der Waals surface area contributed by atoms with Crippen LogP contribution in [0.25, 0.3) is 0 Å². The number of anilines is 1. The highest BCUT2D eigenvalue weighted by atomic mass is 32.2. The first kappa shape index (κ1) is 18.8. The van der Waals surface area contributed by atoms with Crippen LogP contribution in [0, 0.1) is 0 Å². The fraction of sp³-hybridized carbons (Fsp3) is 0.0526. The summed E-state index contributed by atoms with van der Waals surface area (Å²) in [5.74, 6) is -1.00. The lowest BCUT2D eigenvalue weighted by Gasteiger charge is -2.09. The molecule has 1 N–H and O–H groups in total. The van der Waals surface area contributed by atoms with Crippen molar-refractivity contribution in [2.24, 2.45) is 0 Å². The number of hydrogen-bond donors (Lipinski definition) is 1. The molecule has 0 radical (unpaired) electrons. The van der Waals surface area contributed by atoms with Crippen LogP contribution in [0.5, 0.6) is 0 Å². The second kappa shape index (κ2) is 8.15. The Balaban J connectivity index is 1.68. The van der Waals surface area contributed by atoms with Gasteiger partial charge in [0.2, 0.25) is 5.78 Å². The average Bonchev–Trinajstić information content (AvgIpc) is 3.21. The first-order valence-corrected chi connectivity index (χ1v) is 10.2. The average molecular weight is 401 g/mol. The van der Waals surface area contributed by atoms with E-state index in [2.05, 4.69) is 4.72 Å². The summed E-state index contributed by atoms with van der Waals surface area (Å²) in [6, 6.07) is 17.2. The van der Waals surface area contributed by atoms with Gasteiger partial charge in [-0.15, -0.1) is 11.3 Å². The van der Waals surface area contributed by atoms with Crippen LogP contribution in [0.4, 0.5) is 5.69 Å². The van der Waals surface area contributed by atoms with Crippen molar-refractivity contribution in [1.29, 1.82) is 0 Å². The van der Waals surface area contributed by atoms with Gasteiger partial charge in [0, 0.05) is 5.69 Å². The quantitative estimate of drug-likeness (QED) is 0.483. The fourth-order valence-electron chi connectivity index (χ4n) is 2.25. The van der Waals surface area contributed by atoms with Crippen molar-refractivity contribution in [1.82, 2.24) is 0 Å². The third-order valence-electron chi connectivity index (χ3n) is 3.53. The van der Waals surface area contributed by atoms with Gasteiger partial charge in [0.25, 0.3) is 10.0 Å². The van der Waals surface area contributed by atoms with Crippen molar-refractivity contribution in [2.45, 2.75) is 4.90 Å². The topological polar surface area (TPSA) is 89.5 Å². The molecule has 3 aromatic rings. The van der Waals surface area contributed by atoms with Gasteiger partial charge in [-0.25, -0.2) is 13.2 Å². The van der Waals surface area contributed by atoms with Crippen LogP contribution in [0.3, 0.4) is 0 Å². The van der Waals surface area contributed by atoms with Gasteiger partial charge in [0.1, 0.15) is 0 Å². The summed E-state index contributed by atoms with van der Waals surface area (Å²) in [6.07, 6.45) is 0. The minimum absolute atomic E-state index is 0.111. The van der Waals surface area contributed by atoms with E-state index in [-0.39, 0.29) is 28.5 Å². The Morgan fingerprint density at radius 3 is 2.44 bits per heavy atom. The minimum Gasteiger partial charge on any atom is -0.454 e. The number of hydrogen-bond acceptors (Lipinski definition) is 6. The zero-order valence-corrected chi connectivity index (χ0v) is 15.6. The van der Waals surface area contributed by atoms with E-state index < -0.39 is 16.0 Å². The molecule has 0 aliphatic rings. The second-order valence-corrected chi connectivity index (χ2v) is 8.11. The molecule has 0 amide bonds. The molecule has 0 aliphatic heterocycles. The number of thiophene rings is 1. The van der Waals surface area contributed by atoms with Gasteiger partial charge in [-0.1, -0.05) is 30.3 Å². The van der Waals surface area contributed by atoms with Gasteiger partial charge in [-0.3, -0.25) is 9.52 Å². The fourth-order valence-corrected chi connectivity index (χ4v) is 3.97.